The number of thioether (sulfide) groups is 1. The molecule has 0 bridgehead atoms. The molecular weight excluding hydrogens is 311 g/mol. The van der Waals surface area contributed by atoms with Crippen LogP contribution < -0.4 is 10.5 Å². The first-order chi connectivity index (χ1) is 10.1. The van der Waals surface area contributed by atoms with E-state index >= 15 is 0 Å². The number of nitrogens with zero attached hydrogens (tertiary/aromatic N) is 1. The van der Waals surface area contributed by atoms with E-state index in [-0.39, 0.29) is 23.9 Å². The number of amides is 1. The lowest BCUT2D eigenvalue weighted by Gasteiger charge is -2.05. The van der Waals surface area contributed by atoms with Crippen molar-refractivity contribution < 1.29 is 13.9 Å². The first-order valence-corrected chi connectivity index (χ1v) is 8.11. The van der Waals surface area contributed by atoms with Crippen LogP contribution in [0.3, 0.4) is 0 Å². The van der Waals surface area contributed by atoms with Crippen LogP contribution in [0.1, 0.15) is 10.6 Å². The highest BCUT2D eigenvalue weighted by Crippen LogP contribution is 2.27. The fourth-order valence-corrected chi connectivity index (χ4v) is 3.76. The minimum atomic E-state index is -0.365. The Hall–Kier alpha value is -1.60. The van der Waals surface area contributed by atoms with Gasteiger partial charge in [0.2, 0.25) is 5.91 Å². The topological polar surface area (TPSA) is 65.2 Å². The highest BCUT2D eigenvalue weighted by atomic mass is 32.2. The van der Waals surface area contributed by atoms with Crippen LogP contribution in [-0.2, 0) is 11.2 Å². The average molecular weight is 326 g/mol. The lowest BCUT2D eigenvalue weighted by molar-refractivity contribution is -0.117. The van der Waals surface area contributed by atoms with Gasteiger partial charge in [0, 0.05) is 10.6 Å². The standard InChI is InChI=1S/C14H15FN2O2S2/c1-9-12(8-13(16)18)21-14(17-9)20-7-6-19-11-5-3-2-4-10(11)15/h2-5H,6-8H2,1H3,(H2,16,18). The Bertz CT molecular complexity index is 631. The Kier molecular flexibility index (Phi) is 5.58. The van der Waals surface area contributed by atoms with E-state index in [1.165, 1.54) is 29.2 Å². The van der Waals surface area contributed by atoms with Gasteiger partial charge >= 0.3 is 0 Å². The molecular formula is C14H15FN2O2S2. The third kappa shape index (κ3) is 4.71. The number of carbonyl (C=O) groups is 1. The van der Waals surface area contributed by atoms with Gasteiger partial charge in [0.25, 0.3) is 0 Å². The second kappa shape index (κ2) is 7.42. The molecule has 1 amide bonds. The lowest BCUT2D eigenvalue weighted by Crippen LogP contribution is -2.13. The molecule has 2 aromatic rings. The molecule has 0 aliphatic carbocycles. The van der Waals surface area contributed by atoms with Gasteiger partial charge in [-0.1, -0.05) is 23.9 Å². The zero-order chi connectivity index (χ0) is 15.2. The molecule has 0 saturated carbocycles. The van der Waals surface area contributed by atoms with Crippen molar-refractivity contribution in [1.82, 2.24) is 4.98 Å². The van der Waals surface area contributed by atoms with E-state index in [1.807, 2.05) is 6.92 Å². The molecule has 1 aromatic heterocycles. The van der Waals surface area contributed by atoms with E-state index < -0.39 is 0 Å². The van der Waals surface area contributed by atoms with Crippen molar-refractivity contribution in [3.63, 3.8) is 0 Å². The van der Waals surface area contributed by atoms with Crippen molar-refractivity contribution in [3.05, 3.63) is 40.7 Å². The maximum atomic E-state index is 13.3. The van der Waals surface area contributed by atoms with Gasteiger partial charge in [-0.05, 0) is 19.1 Å². The summed E-state index contributed by atoms with van der Waals surface area (Å²) in [5.74, 6) is 0.178. The number of ether oxygens (including phenoxy) is 1. The number of rotatable bonds is 7. The highest BCUT2D eigenvalue weighted by Gasteiger charge is 2.10. The molecule has 0 atom stereocenters. The van der Waals surface area contributed by atoms with Gasteiger partial charge in [-0.25, -0.2) is 9.37 Å². The van der Waals surface area contributed by atoms with E-state index in [2.05, 4.69) is 4.98 Å². The zero-order valence-corrected chi connectivity index (χ0v) is 13.1. The molecule has 0 saturated heterocycles. The van der Waals surface area contributed by atoms with E-state index in [0.29, 0.717) is 12.4 Å². The number of halogens is 1. The summed E-state index contributed by atoms with van der Waals surface area (Å²) in [6, 6.07) is 6.31. The van der Waals surface area contributed by atoms with Crippen LogP contribution >= 0.6 is 23.1 Å². The fourth-order valence-electron chi connectivity index (χ4n) is 1.63. The van der Waals surface area contributed by atoms with Crippen LogP contribution in [0.4, 0.5) is 4.39 Å². The minimum absolute atomic E-state index is 0.218. The van der Waals surface area contributed by atoms with Gasteiger partial charge in [0.05, 0.1) is 18.7 Å². The van der Waals surface area contributed by atoms with Crippen molar-refractivity contribution in [1.29, 1.82) is 0 Å². The highest BCUT2D eigenvalue weighted by molar-refractivity contribution is 8.01. The van der Waals surface area contributed by atoms with Crippen LogP contribution in [0.15, 0.2) is 28.6 Å². The van der Waals surface area contributed by atoms with Crippen molar-refractivity contribution in [2.24, 2.45) is 5.73 Å². The van der Waals surface area contributed by atoms with Gasteiger partial charge < -0.3 is 10.5 Å². The van der Waals surface area contributed by atoms with Gasteiger partial charge in [0.15, 0.2) is 15.9 Å². The second-order valence-corrected chi connectivity index (χ2v) is 6.68. The maximum Gasteiger partial charge on any atom is 0.222 e. The Morgan fingerprint density at radius 3 is 2.95 bits per heavy atom. The molecule has 0 fully saturated rings. The number of aryl methyl sites for hydroxylation is 1. The van der Waals surface area contributed by atoms with Crippen molar-refractivity contribution >= 4 is 29.0 Å². The lowest BCUT2D eigenvalue weighted by atomic mass is 10.3. The molecule has 2 rings (SSSR count). The third-order valence-electron chi connectivity index (χ3n) is 2.61. The van der Waals surface area contributed by atoms with Gasteiger partial charge in [0.1, 0.15) is 0 Å². The van der Waals surface area contributed by atoms with E-state index in [0.717, 1.165) is 14.9 Å². The number of benzene rings is 1. The smallest absolute Gasteiger partial charge is 0.222 e. The maximum absolute atomic E-state index is 13.3. The van der Waals surface area contributed by atoms with Gasteiger partial charge in [-0.3, -0.25) is 4.79 Å². The largest absolute Gasteiger partial charge is 0.490 e. The SMILES string of the molecule is Cc1nc(SCCOc2ccccc2F)sc1CC(N)=O. The fraction of sp³-hybridized carbons (Fsp3) is 0.286. The Labute approximate surface area is 130 Å². The summed E-state index contributed by atoms with van der Waals surface area (Å²) < 4.78 is 19.6. The number of para-hydroxylation sites is 1. The van der Waals surface area contributed by atoms with Gasteiger partial charge in [-0.2, -0.15) is 0 Å². The van der Waals surface area contributed by atoms with Crippen molar-refractivity contribution in [2.45, 2.75) is 17.7 Å². The number of hydrogen-bond donors (Lipinski definition) is 1. The summed E-state index contributed by atoms with van der Waals surface area (Å²) in [6.07, 6.45) is 0.218. The van der Waals surface area contributed by atoms with E-state index in [1.54, 1.807) is 18.2 Å². The predicted molar refractivity (Wildman–Crippen MR) is 82.4 cm³/mol. The summed E-state index contributed by atoms with van der Waals surface area (Å²) >= 11 is 2.97. The molecule has 7 heteroatoms. The second-order valence-electron chi connectivity index (χ2n) is 4.26. The molecule has 4 nitrogen and oxygen atoms in total. The summed E-state index contributed by atoms with van der Waals surface area (Å²) in [4.78, 5) is 16.2. The summed E-state index contributed by atoms with van der Waals surface area (Å²) in [6.45, 7) is 2.24. The number of thiazole rings is 1. The Balaban J connectivity index is 1.81. The molecule has 21 heavy (non-hydrogen) atoms. The molecule has 0 aliphatic heterocycles. The number of aromatic nitrogens is 1. The molecule has 1 aromatic carbocycles. The first-order valence-electron chi connectivity index (χ1n) is 6.31. The van der Waals surface area contributed by atoms with Crippen LogP contribution in [0.25, 0.3) is 0 Å². The molecule has 2 N–H and O–H groups in total. The minimum Gasteiger partial charge on any atom is -0.490 e. The molecule has 0 spiro atoms. The number of carbonyl (C=O) groups excluding carboxylic acids is 1. The average Bonchev–Trinajstić information content (AvgIpc) is 2.76. The van der Waals surface area contributed by atoms with E-state index in [4.69, 9.17) is 10.5 Å². The predicted octanol–water partition coefficient (Wildman–Crippen LogP) is 2.79. The summed E-state index contributed by atoms with van der Waals surface area (Å²) in [5.41, 5.74) is 6.01. The van der Waals surface area contributed by atoms with Crippen LogP contribution in [0, 0.1) is 12.7 Å². The van der Waals surface area contributed by atoms with Gasteiger partial charge in [-0.15, -0.1) is 11.3 Å². The molecule has 0 unspecified atom stereocenters. The van der Waals surface area contributed by atoms with Crippen LogP contribution in [0.5, 0.6) is 5.75 Å². The van der Waals surface area contributed by atoms with E-state index in [9.17, 15) is 9.18 Å². The van der Waals surface area contributed by atoms with Crippen LogP contribution in [0.2, 0.25) is 0 Å². The number of hydrogen-bond acceptors (Lipinski definition) is 5. The number of primary amides is 1. The number of nitrogens with two attached hydrogens (primary N) is 1. The van der Waals surface area contributed by atoms with Crippen molar-refractivity contribution in [2.75, 3.05) is 12.4 Å². The zero-order valence-electron chi connectivity index (χ0n) is 11.5. The molecule has 1 heterocycles. The molecule has 0 radical (unpaired) electrons. The third-order valence-corrected chi connectivity index (χ3v) is 4.88. The normalized spacial score (nSPS) is 10.6. The molecule has 112 valence electrons. The molecule has 0 aliphatic rings. The van der Waals surface area contributed by atoms with Crippen LogP contribution in [-0.4, -0.2) is 23.3 Å². The summed E-state index contributed by atoms with van der Waals surface area (Å²) in [7, 11) is 0. The monoisotopic (exact) mass is 326 g/mol. The van der Waals surface area contributed by atoms with Crippen molar-refractivity contribution in [3.8, 4) is 5.75 Å². The Morgan fingerprint density at radius 2 is 2.24 bits per heavy atom. The quantitative estimate of drug-likeness (QED) is 0.628. The Morgan fingerprint density at radius 1 is 1.48 bits per heavy atom. The summed E-state index contributed by atoms with van der Waals surface area (Å²) in [5, 5.41) is 0. The first kappa shape index (κ1) is 15.8.